The minimum Gasteiger partial charge on any atom is -0.372 e. The van der Waals surface area contributed by atoms with Crippen molar-refractivity contribution >= 4 is 17.4 Å². The third-order valence-electron chi connectivity index (χ3n) is 4.38. The molecule has 2 atom stereocenters. The SMILES string of the molecule is CCN(CC)c1ccc(CNC2CCC(SC)C2)cc1. The van der Waals surface area contributed by atoms with Crippen LogP contribution in [0.5, 0.6) is 0 Å². The molecule has 0 bridgehead atoms. The van der Waals surface area contributed by atoms with Crippen LogP contribution in [0.4, 0.5) is 5.69 Å². The van der Waals surface area contributed by atoms with Gasteiger partial charge in [0.2, 0.25) is 0 Å². The monoisotopic (exact) mass is 292 g/mol. The Morgan fingerprint density at radius 2 is 1.85 bits per heavy atom. The van der Waals surface area contributed by atoms with Crippen molar-refractivity contribution in [3.05, 3.63) is 29.8 Å². The normalized spacial score (nSPS) is 22.1. The predicted molar refractivity (Wildman–Crippen MR) is 91.8 cm³/mol. The van der Waals surface area contributed by atoms with Crippen LogP contribution in [-0.2, 0) is 6.54 Å². The van der Waals surface area contributed by atoms with E-state index in [2.05, 4.69) is 54.6 Å². The van der Waals surface area contributed by atoms with Gasteiger partial charge in [0.15, 0.2) is 0 Å². The first-order chi connectivity index (χ1) is 9.76. The number of anilines is 1. The molecule has 1 fully saturated rings. The van der Waals surface area contributed by atoms with Gasteiger partial charge in [0.05, 0.1) is 0 Å². The average Bonchev–Trinajstić information content (AvgIpc) is 2.96. The van der Waals surface area contributed by atoms with Gasteiger partial charge in [-0.3, -0.25) is 0 Å². The first kappa shape index (κ1) is 15.7. The fraction of sp³-hybridized carbons (Fsp3) is 0.647. The quantitative estimate of drug-likeness (QED) is 0.820. The van der Waals surface area contributed by atoms with E-state index in [-0.39, 0.29) is 0 Å². The van der Waals surface area contributed by atoms with E-state index in [1.807, 2.05) is 11.8 Å². The van der Waals surface area contributed by atoms with Crippen molar-refractivity contribution in [2.45, 2.75) is 50.9 Å². The molecule has 1 aromatic rings. The molecule has 0 aliphatic heterocycles. The van der Waals surface area contributed by atoms with E-state index in [4.69, 9.17) is 0 Å². The molecule has 20 heavy (non-hydrogen) atoms. The molecule has 2 rings (SSSR count). The molecular formula is C17H28N2S. The summed E-state index contributed by atoms with van der Waals surface area (Å²) in [6.07, 6.45) is 6.28. The summed E-state index contributed by atoms with van der Waals surface area (Å²) < 4.78 is 0. The van der Waals surface area contributed by atoms with Crippen molar-refractivity contribution in [1.29, 1.82) is 0 Å². The summed E-state index contributed by atoms with van der Waals surface area (Å²) in [7, 11) is 0. The zero-order valence-corrected chi connectivity index (χ0v) is 13.9. The summed E-state index contributed by atoms with van der Waals surface area (Å²) in [6.45, 7) is 7.57. The van der Waals surface area contributed by atoms with Crippen molar-refractivity contribution in [2.24, 2.45) is 0 Å². The molecule has 1 aliphatic rings. The maximum absolute atomic E-state index is 3.71. The largest absolute Gasteiger partial charge is 0.372 e. The highest BCUT2D eigenvalue weighted by Crippen LogP contribution is 2.28. The summed E-state index contributed by atoms with van der Waals surface area (Å²) in [5.74, 6) is 0. The van der Waals surface area contributed by atoms with Crippen LogP contribution in [0, 0.1) is 0 Å². The third-order valence-corrected chi connectivity index (χ3v) is 5.47. The van der Waals surface area contributed by atoms with E-state index in [0.717, 1.165) is 30.9 Å². The molecule has 0 heterocycles. The highest BCUT2D eigenvalue weighted by Gasteiger charge is 2.23. The smallest absolute Gasteiger partial charge is 0.0366 e. The Kier molecular flexibility index (Phi) is 6.24. The van der Waals surface area contributed by atoms with Crippen molar-refractivity contribution in [3.63, 3.8) is 0 Å². The number of rotatable bonds is 7. The fourth-order valence-corrected chi connectivity index (χ4v) is 3.81. The van der Waals surface area contributed by atoms with Crippen LogP contribution in [0.25, 0.3) is 0 Å². The Morgan fingerprint density at radius 3 is 2.40 bits per heavy atom. The van der Waals surface area contributed by atoms with Gasteiger partial charge >= 0.3 is 0 Å². The minimum atomic E-state index is 0.718. The van der Waals surface area contributed by atoms with Gasteiger partial charge in [0, 0.05) is 36.6 Å². The van der Waals surface area contributed by atoms with Crippen LogP contribution in [0.2, 0.25) is 0 Å². The van der Waals surface area contributed by atoms with Crippen molar-refractivity contribution in [2.75, 3.05) is 24.2 Å². The fourth-order valence-electron chi connectivity index (χ4n) is 3.02. The molecule has 2 unspecified atom stereocenters. The number of nitrogens with one attached hydrogen (secondary N) is 1. The van der Waals surface area contributed by atoms with Crippen LogP contribution in [0.3, 0.4) is 0 Å². The molecule has 1 aliphatic carbocycles. The zero-order chi connectivity index (χ0) is 14.4. The first-order valence-corrected chi connectivity index (χ1v) is 9.15. The summed E-state index contributed by atoms with van der Waals surface area (Å²) in [5.41, 5.74) is 2.73. The summed E-state index contributed by atoms with van der Waals surface area (Å²) in [5, 5.41) is 4.58. The Hall–Kier alpha value is -0.670. The van der Waals surface area contributed by atoms with Crippen LogP contribution >= 0.6 is 11.8 Å². The van der Waals surface area contributed by atoms with Gasteiger partial charge in [-0.05, 0) is 57.1 Å². The minimum absolute atomic E-state index is 0.718. The topological polar surface area (TPSA) is 15.3 Å². The lowest BCUT2D eigenvalue weighted by atomic mass is 10.1. The molecule has 1 aromatic carbocycles. The highest BCUT2D eigenvalue weighted by atomic mass is 32.2. The maximum atomic E-state index is 3.71. The van der Waals surface area contributed by atoms with Crippen molar-refractivity contribution in [3.8, 4) is 0 Å². The van der Waals surface area contributed by atoms with Gasteiger partial charge in [-0.25, -0.2) is 0 Å². The number of benzene rings is 1. The molecule has 0 saturated heterocycles. The third kappa shape index (κ3) is 4.16. The van der Waals surface area contributed by atoms with Crippen molar-refractivity contribution in [1.82, 2.24) is 5.32 Å². The zero-order valence-electron chi connectivity index (χ0n) is 13.1. The van der Waals surface area contributed by atoms with Gasteiger partial charge < -0.3 is 10.2 Å². The molecular weight excluding hydrogens is 264 g/mol. The van der Waals surface area contributed by atoms with E-state index in [1.54, 1.807) is 0 Å². The Morgan fingerprint density at radius 1 is 1.15 bits per heavy atom. The summed E-state index contributed by atoms with van der Waals surface area (Å²) in [6, 6.07) is 9.76. The lowest BCUT2D eigenvalue weighted by Crippen LogP contribution is -2.26. The first-order valence-electron chi connectivity index (χ1n) is 7.86. The average molecular weight is 292 g/mol. The molecule has 0 spiro atoms. The molecule has 1 saturated carbocycles. The van der Waals surface area contributed by atoms with Gasteiger partial charge in [-0.2, -0.15) is 11.8 Å². The van der Waals surface area contributed by atoms with E-state index < -0.39 is 0 Å². The standard InChI is InChI=1S/C17H28N2S/c1-4-19(5-2)16-9-6-14(7-10-16)13-18-15-8-11-17(12-15)20-3/h6-7,9-10,15,17-18H,4-5,8,11-13H2,1-3H3. The molecule has 1 N–H and O–H groups in total. The summed E-state index contributed by atoms with van der Waals surface area (Å²) >= 11 is 2.02. The lowest BCUT2D eigenvalue weighted by molar-refractivity contribution is 0.525. The van der Waals surface area contributed by atoms with Crippen molar-refractivity contribution < 1.29 is 0 Å². The van der Waals surface area contributed by atoms with E-state index in [1.165, 1.54) is 30.5 Å². The molecule has 3 heteroatoms. The molecule has 0 radical (unpaired) electrons. The van der Waals surface area contributed by atoms with Gasteiger partial charge in [-0.1, -0.05) is 12.1 Å². The summed E-state index contributed by atoms with van der Waals surface area (Å²) in [4.78, 5) is 2.39. The van der Waals surface area contributed by atoms with E-state index in [9.17, 15) is 0 Å². The van der Waals surface area contributed by atoms with Gasteiger partial charge in [-0.15, -0.1) is 0 Å². The Bertz CT molecular complexity index is 386. The molecule has 112 valence electrons. The van der Waals surface area contributed by atoms with E-state index in [0.29, 0.717) is 0 Å². The number of thioether (sulfide) groups is 1. The van der Waals surface area contributed by atoms with Crippen LogP contribution in [-0.4, -0.2) is 30.6 Å². The number of hydrogen-bond donors (Lipinski definition) is 1. The molecule has 0 aromatic heterocycles. The Labute approximate surface area is 128 Å². The number of nitrogens with zero attached hydrogens (tertiary/aromatic N) is 1. The van der Waals surface area contributed by atoms with Crippen LogP contribution in [0.1, 0.15) is 38.7 Å². The van der Waals surface area contributed by atoms with E-state index >= 15 is 0 Å². The molecule has 0 amide bonds. The predicted octanol–water partition coefficient (Wildman–Crippen LogP) is 3.91. The second-order valence-electron chi connectivity index (χ2n) is 5.59. The van der Waals surface area contributed by atoms with Crippen LogP contribution in [0.15, 0.2) is 24.3 Å². The number of hydrogen-bond acceptors (Lipinski definition) is 3. The maximum Gasteiger partial charge on any atom is 0.0366 e. The second-order valence-corrected chi connectivity index (χ2v) is 6.73. The van der Waals surface area contributed by atoms with Crippen LogP contribution < -0.4 is 10.2 Å². The molecule has 2 nitrogen and oxygen atoms in total. The van der Waals surface area contributed by atoms with Gasteiger partial charge in [0.1, 0.15) is 0 Å². The second kappa shape index (κ2) is 7.94. The highest BCUT2D eigenvalue weighted by molar-refractivity contribution is 7.99. The lowest BCUT2D eigenvalue weighted by Gasteiger charge is -2.21. The van der Waals surface area contributed by atoms with Gasteiger partial charge in [0.25, 0.3) is 0 Å². The Balaban J connectivity index is 1.82.